The van der Waals surface area contributed by atoms with E-state index < -0.39 is 0 Å². The van der Waals surface area contributed by atoms with Crippen LogP contribution in [-0.4, -0.2) is 42.7 Å². The minimum absolute atomic E-state index is 0.0445. The molecule has 1 aliphatic heterocycles. The molecular formula is C19H25NO3S. The van der Waals surface area contributed by atoms with Gasteiger partial charge in [0.2, 0.25) is 5.91 Å². The number of piperidine rings is 1. The third kappa shape index (κ3) is 3.94. The van der Waals surface area contributed by atoms with Crippen LogP contribution in [0.2, 0.25) is 0 Å². The first-order valence-corrected chi connectivity index (χ1v) is 9.79. The molecule has 2 aliphatic rings. The van der Waals surface area contributed by atoms with E-state index in [-0.39, 0.29) is 17.8 Å². The number of aryl methyl sites for hydroxylation is 1. The zero-order valence-electron chi connectivity index (χ0n) is 14.2. The minimum atomic E-state index is -0.143. The van der Waals surface area contributed by atoms with Crippen LogP contribution in [0.4, 0.5) is 0 Å². The summed E-state index contributed by atoms with van der Waals surface area (Å²) in [5.74, 6) is 0.542. The van der Waals surface area contributed by atoms with E-state index in [2.05, 4.69) is 24.3 Å². The van der Waals surface area contributed by atoms with Gasteiger partial charge in [-0.05, 0) is 43.2 Å². The van der Waals surface area contributed by atoms with Crippen LogP contribution in [-0.2, 0) is 20.7 Å². The Morgan fingerprint density at radius 1 is 1.21 bits per heavy atom. The first-order chi connectivity index (χ1) is 11.7. The van der Waals surface area contributed by atoms with Gasteiger partial charge in [-0.25, -0.2) is 0 Å². The molecular weight excluding hydrogens is 322 g/mol. The molecule has 3 rings (SSSR count). The van der Waals surface area contributed by atoms with Crippen LogP contribution >= 0.6 is 11.8 Å². The summed E-state index contributed by atoms with van der Waals surface area (Å²) in [6, 6.07) is 8.61. The van der Waals surface area contributed by atoms with Crippen LogP contribution in [0.3, 0.4) is 0 Å². The van der Waals surface area contributed by atoms with Crippen LogP contribution in [0, 0.1) is 5.92 Å². The third-order valence-corrected chi connectivity index (χ3v) is 6.41. The number of nitrogens with zero attached hydrogens (tertiary/aromatic N) is 1. The number of rotatable bonds is 4. The Hall–Kier alpha value is -1.49. The molecule has 0 bridgehead atoms. The number of hydrogen-bond acceptors (Lipinski definition) is 4. The lowest BCUT2D eigenvalue weighted by Crippen LogP contribution is -2.41. The standard InChI is InChI=1S/C19H25NO3S/c1-23-19(22)15-9-11-20(12-10-15)18(21)13-24-17-8-4-6-14-5-2-3-7-16(14)17/h2-3,5,7,15,17H,4,6,8-13H2,1H3. The van der Waals surface area contributed by atoms with Gasteiger partial charge in [0, 0.05) is 18.3 Å². The second-order valence-electron chi connectivity index (χ2n) is 6.57. The monoisotopic (exact) mass is 347 g/mol. The Bertz CT molecular complexity index is 596. The minimum Gasteiger partial charge on any atom is -0.469 e. The van der Waals surface area contributed by atoms with Crippen molar-refractivity contribution in [3.63, 3.8) is 0 Å². The number of likely N-dealkylation sites (tertiary alicyclic amines) is 1. The van der Waals surface area contributed by atoms with Crippen molar-refractivity contribution in [2.24, 2.45) is 5.92 Å². The van der Waals surface area contributed by atoms with Crippen molar-refractivity contribution in [3.05, 3.63) is 35.4 Å². The quantitative estimate of drug-likeness (QED) is 0.785. The molecule has 0 radical (unpaired) electrons. The van der Waals surface area contributed by atoms with Crippen LogP contribution in [0.5, 0.6) is 0 Å². The SMILES string of the molecule is COC(=O)C1CCN(C(=O)CSC2CCCc3ccccc32)CC1. The summed E-state index contributed by atoms with van der Waals surface area (Å²) in [5.41, 5.74) is 2.85. The van der Waals surface area contributed by atoms with Gasteiger partial charge in [-0.3, -0.25) is 9.59 Å². The van der Waals surface area contributed by atoms with Crippen LogP contribution in [0.15, 0.2) is 24.3 Å². The normalized spacial score (nSPS) is 21.2. The Morgan fingerprint density at radius 2 is 1.96 bits per heavy atom. The summed E-state index contributed by atoms with van der Waals surface area (Å²) in [6.45, 7) is 1.33. The van der Waals surface area contributed by atoms with E-state index in [1.54, 1.807) is 11.8 Å². The van der Waals surface area contributed by atoms with Gasteiger partial charge in [-0.1, -0.05) is 24.3 Å². The van der Waals surface area contributed by atoms with E-state index in [1.807, 2.05) is 4.90 Å². The van der Waals surface area contributed by atoms with E-state index in [1.165, 1.54) is 24.7 Å². The lowest BCUT2D eigenvalue weighted by Gasteiger charge is -2.31. The maximum atomic E-state index is 12.5. The number of benzene rings is 1. The van der Waals surface area contributed by atoms with Gasteiger partial charge in [0.15, 0.2) is 0 Å². The topological polar surface area (TPSA) is 46.6 Å². The van der Waals surface area contributed by atoms with Gasteiger partial charge in [-0.15, -0.1) is 11.8 Å². The van der Waals surface area contributed by atoms with Gasteiger partial charge in [0.25, 0.3) is 0 Å². The molecule has 1 unspecified atom stereocenters. The van der Waals surface area contributed by atoms with E-state index in [0.29, 0.717) is 24.1 Å². The molecule has 0 saturated carbocycles. The Balaban J connectivity index is 1.50. The highest BCUT2D eigenvalue weighted by Crippen LogP contribution is 2.39. The number of carbonyl (C=O) groups excluding carboxylic acids is 2. The van der Waals surface area contributed by atoms with Gasteiger partial charge in [0.1, 0.15) is 0 Å². The Morgan fingerprint density at radius 3 is 2.71 bits per heavy atom. The molecule has 1 saturated heterocycles. The fraction of sp³-hybridized carbons (Fsp3) is 0.579. The fourth-order valence-corrected chi connectivity index (χ4v) is 4.95. The van der Waals surface area contributed by atoms with Crippen LogP contribution in [0.25, 0.3) is 0 Å². The van der Waals surface area contributed by atoms with E-state index >= 15 is 0 Å². The molecule has 5 heteroatoms. The largest absolute Gasteiger partial charge is 0.469 e. The molecule has 130 valence electrons. The lowest BCUT2D eigenvalue weighted by atomic mass is 9.91. The average molecular weight is 347 g/mol. The molecule has 4 nitrogen and oxygen atoms in total. The second-order valence-corrected chi connectivity index (χ2v) is 7.76. The van der Waals surface area contributed by atoms with E-state index in [9.17, 15) is 9.59 Å². The summed E-state index contributed by atoms with van der Waals surface area (Å²) in [5, 5.41) is 0.437. The zero-order chi connectivity index (χ0) is 16.9. The molecule has 1 fully saturated rings. The molecule has 1 heterocycles. The number of methoxy groups -OCH3 is 1. The maximum absolute atomic E-state index is 12.5. The second kappa shape index (κ2) is 8.06. The number of esters is 1. The number of amides is 1. The third-order valence-electron chi connectivity index (χ3n) is 5.10. The Kier molecular flexibility index (Phi) is 5.82. The fourth-order valence-electron chi connectivity index (χ4n) is 3.68. The summed E-state index contributed by atoms with van der Waals surface area (Å²) >= 11 is 1.77. The molecule has 1 atom stereocenters. The van der Waals surface area contributed by atoms with Crippen molar-refractivity contribution in [3.8, 4) is 0 Å². The van der Waals surface area contributed by atoms with Gasteiger partial charge >= 0.3 is 5.97 Å². The highest BCUT2D eigenvalue weighted by molar-refractivity contribution is 8.00. The number of carbonyl (C=O) groups is 2. The number of ether oxygens (including phenoxy) is 1. The summed E-state index contributed by atoms with van der Waals surface area (Å²) in [6.07, 6.45) is 4.94. The van der Waals surface area contributed by atoms with Crippen LogP contribution in [0.1, 0.15) is 42.1 Å². The zero-order valence-corrected chi connectivity index (χ0v) is 15.0. The van der Waals surface area contributed by atoms with Crippen molar-refractivity contribution >= 4 is 23.6 Å². The number of thioether (sulfide) groups is 1. The van der Waals surface area contributed by atoms with Crippen molar-refractivity contribution in [2.45, 2.75) is 37.4 Å². The van der Waals surface area contributed by atoms with Crippen molar-refractivity contribution in [1.82, 2.24) is 4.90 Å². The summed E-state index contributed by atoms with van der Waals surface area (Å²) in [4.78, 5) is 26.0. The van der Waals surface area contributed by atoms with Crippen molar-refractivity contribution in [1.29, 1.82) is 0 Å². The molecule has 1 amide bonds. The highest BCUT2D eigenvalue weighted by atomic mass is 32.2. The molecule has 0 spiro atoms. The molecule has 0 aromatic heterocycles. The Labute approximate surface area is 147 Å². The van der Waals surface area contributed by atoms with Gasteiger partial charge in [-0.2, -0.15) is 0 Å². The highest BCUT2D eigenvalue weighted by Gasteiger charge is 2.28. The maximum Gasteiger partial charge on any atom is 0.308 e. The van der Waals surface area contributed by atoms with E-state index in [0.717, 1.165) is 25.7 Å². The molecule has 0 N–H and O–H groups in total. The number of fused-ring (bicyclic) bond motifs is 1. The number of hydrogen-bond donors (Lipinski definition) is 0. The molecule has 1 aliphatic carbocycles. The first kappa shape index (κ1) is 17.3. The predicted octanol–water partition coefficient (Wildman–Crippen LogP) is 3.21. The smallest absolute Gasteiger partial charge is 0.308 e. The van der Waals surface area contributed by atoms with Crippen LogP contribution < -0.4 is 0 Å². The molecule has 1 aromatic carbocycles. The van der Waals surface area contributed by atoms with Gasteiger partial charge < -0.3 is 9.64 Å². The van der Waals surface area contributed by atoms with Gasteiger partial charge in [0.05, 0.1) is 18.8 Å². The van der Waals surface area contributed by atoms with Crippen molar-refractivity contribution < 1.29 is 14.3 Å². The first-order valence-electron chi connectivity index (χ1n) is 8.74. The van der Waals surface area contributed by atoms with E-state index in [4.69, 9.17) is 4.74 Å². The lowest BCUT2D eigenvalue weighted by molar-refractivity contribution is -0.148. The summed E-state index contributed by atoms with van der Waals surface area (Å²) in [7, 11) is 1.43. The summed E-state index contributed by atoms with van der Waals surface area (Å²) < 4.78 is 4.80. The average Bonchev–Trinajstić information content (AvgIpc) is 2.65. The molecule has 1 aromatic rings. The van der Waals surface area contributed by atoms with Crippen molar-refractivity contribution in [2.75, 3.05) is 26.0 Å². The predicted molar refractivity (Wildman–Crippen MR) is 95.9 cm³/mol. The molecule has 24 heavy (non-hydrogen) atoms.